The summed E-state index contributed by atoms with van der Waals surface area (Å²) >= 11 is 5.37. The average Bonchev–Trinajstić information content (AvgIpc) is 3.14. The second-order valence-electron chi connectivity index (χ2n) is 5.29. The standard InChI is InChI=1S/C12H20N4OS/c1-9(8-15-4-6-17-7-5-15)16-11(10-2-3-10)13-14-12(16)18/h9-10H,2-8H2,1H3,(H,14,18). The molecular weight excluding hydrogens is 248 g/mol. The van der Waals surface area contributed by atoms with Crippen LogP contribution in [0, 0.1) is 4.77 Å². The van der Waals surface area contributed by atoms with E-state index in [9.17, 15) is 0 Å². The van der Waals surface area contributed by atoms with E-state index in [1.165, 1.54) is 12.8 Å². The number of nitrogens with one attached hydrogen (secondary N) is 1. The maximum absolute atomic E-state index is 5.38. The first kappa shape index (κ1) is 12.3. The van der Waals surface area contributed by atoms with Crippen LogP contribution < -0.4 is 0 Å². The maximum Gasteiger partial charge on any atom is 0.195 e. The van der Waals surface area contributed by atoms with Crippen molar-refractivity contribution in [3.8, 4) is 0 Å². The highest BCUT2D eigenvalue weighted by atomic mass is 32.1. The fourth-order valence-electron chi connectivity index (χ4n) is 2.61. The summed E-state index contributed by atoms with van der Waals surface area (Å²) in [5.41, 5.74) is 0. The lowest BCUT2D eigenvalue weighted by Gasteiger charge is -2.29. The number of morpholine rings is 1. The normalized spacial score (nSPS) is 23.2. The Morgan fingerprint density at radius 1 is 1.44 bits per heavy atom. The number of nitrogens with zero attached hydrogens (tertiary/aromatic N) is 3. The van der Waals surface area contributed by atoms with Crippen molar-refractivity contribution in [3.05, 3.63) is 10.6 Å². The number of rotatable bonds is 4. The molecule has 0 spiro atoms. The first-order chi connectivity index (χ1) is 8.75. The highest BCUT2D eigenvalue weighted by Gasteiger charge is 2.30. The summed E-state index contributed by atoms with van der Waals surface area (Å²) in [7, 11) is 0. The van der Waals surface area contributed by atoms with Gasteiger partial charge in [0.25, 0.3) is 0 Å². The van der Waals surface area contributed by atoms with Gasteiger partial charge in [-0.15, -0.1) is 0 Å². The van der Waals surface area contributed by atoms with Crippen LogP contribution in [0.2, 0.25) is 0 Å². The molecule has 1 saturated carbocycles. The number of hydrogen-bond donors (Lipinski definition) is 1. The second kappa shape index (κ2) is 5.11. The second-order valence-corrected chi connectivity index (χ2v) is 5.68. The SMILES string of the molecule is CC(CN1CCOCC1)n1c(C2CC2)n[nH]c1=S. The number of aromatic amines is 1. The molecule has 1 aromatic rings. The molecule has 0 radical (unpaired) electrons. The summed E-state index contributed by atoms with van der Waals surface area (Å²) in [5.74, 6) is 1.78. The van der Waals surface area contributed by atoms with E-state index in [4.69, 9.17) is 17.0 Å². The Morgan fingerprint density at radius 2 is 2.17 bits per heavy atom. The van der Waals surface area contributed by atoms with Gasteiger partial charge in [-0.05, 0) is 32.0 Å². The summed E-state index contributed by atoms with van der Waals surface area (Å²) in [6.07, 6.45) is 2.51. The van der Waals surface area contributed by atoms with E-state index in [1.54, 1.807) is 0 Å². The van der Waals surface area contributed by atoms with E-state index in [0.717, 1.165) is 43.4 Å². The van der Waals surface area contributed by atoms with Crippen LogP contribution in [0.5, 0.6) is 0 Å². The van der Waals surface area contributed by atoms with Crippen molar-refractivity contribution in [3.63, 3.8) is 0 Å². The molecule has 1 aliphatic carbocycles. The quantitative estimate of drug-likeness (QED) is 0.845. The first-order valence-corrected chi connectivity index (χ1v) is 7.13. The Balaban J connectivity index is 1.72. The predicted octanol–water partition coefficient (Wildman–Crippen LogP) is 1.71. The smallest absolute Gasteiger partial charge is 0.195 e. The molecule has 2 aliphatic rings. The van der Waals surface area contributed by atoms with E-state index in [0.29, 0.717) is 12.0 Å². The van der Waals surface area contributed by atoms with Crippen molar-refractivity contribution in [2.75, 3.05) is 32.8 Å². The highest BCUT2D eigenvalue weighted by molar-refractivity contribution is 7.71. The molecule has 2 fully saturated rings. The Morgan fingerprint density at radius 3 is 2.83 bits per heavy atom. The molecule has 100 valence electrons. The van der Waals surface area contributed by atoms with Crippen LogP contribution in [0.25, 0.3) is 0 Å². The third-order valence-electron chi connectivity index (χ3n) is 3.74. The molecule has 1 N–H and O–H groups in total. The van der Waals surface area contributed by atoms with Gasteiger partial charge in [-0.25, -0.2) is 0 Å². The van der Waals surface area contributed by atoms with Gasteiger partial charge in [-0.2, -0.15) is 5.10 Å². The van der Waals surface area contributed by atoms with Crippen molar-refractivity contribution in [1.82, 2.24) is 19.7 Å². The fourth-order valence-corrected chi connectivity index (χ4v) is 2.93. The van der Waals surface area contributed by atoms with Gasteiger partial charge in [0.15, 0.2) is 4.77 Å². The Bertz CT molecular complexity index is 459. The number of hydrogen-bond acceptors (Lipinski definition) is 4. The number of H-pyrrole nitrogens is 1. The minimum Gasteiger partial charge on any atom is -0.379 e. The summed E-state index contributed by atoms with van der Waals surface area (Å²) in [6, 6.07) is 0.380. The zero-order valence-corrected chi connectivity index (χ0v) is 11.6. The van der Waals surface area contributed by atoms with Crippen molar-refractivity contribution in [1.29, 1.82) is 0 Å². The summed E-state index contributed by atoms with van der Waals surface area (Å²) < 4.78 is 8.35. The molecule has 1 aliphatic heterocycles. The van der Waals surface area contributed by atoms with Crippen LogP contribution in [0.1, 0.15) is 37.5 Å². The lowest BCUT2D eigenvalue weighted by atomic mass is 10.2. The minimum absolute atomic E-state index is 0.380. The topological polar surface area (TPSA) is 46.1 Å². The van der Waals surface area contributed by atoms with Crippen LogP contribution in [0.4, 0.5) is 0 Å². The molecule has 6 heteroatoms. The van der Waals surface area contributed by atoms with Gasteiger partial charge >= 0.3 is 0 Å². The molecule has 2 heterocycles. The van der Waals surface area contributed by atoms with Crippen molar-refractivity contribution in [2.24, 2.45) is 0 Å². The molecule has 0 aromatic carbocycles. The van der Waals surface area contributed by atoms with Gasteiger partial charge in [-0.1, -0.05) is 0 Å². The maximum atomic E-state index is 5.38. The number of ether oxygens (including phenoxy) is 1. The Labute approximate surface area is 112 Å². The van der Waals surface area contributed by atoms with Crippen LogP contribution in [-0.4, -0.2) is 52.5 Å². The van der Waals surface area contributed by atoms with E-state index < -0.39 is 0 Å². The van der Waals surface area contributed by atoms with E-state index >= 15 is 0 Å². The lowest BCUT2D eigenvalue weighted by molar-refractivity contribution is 0.0323. The molecular formula is C12H20N4OS. The van der Waals surface area contributed by atoms with Crippen molar-refractivity contribution in [2.45, 2.75) is 31.7 Å². The van der Waals surface area contributed by atoms with Gasteiger partial charge in [0.1, 0.15) is 5.82 Å². The fraction of sp³-hybridized carbons (Fsp3) is 0.833. The summed E-state index contributed by atoms with van der Waals surface area (Å²) in [6.45, 7) is 6.99. The Hall–Kier alpha value is -0.720. The number of aromatic nitrogens is 3. The van der Waals surface area contributed by atoms with Gasteiger partial charge in [-0.3, -0.25) is 14.6 Å². The summed E-state index contributed by atoms with van der Waals surface area (Å²) in [5, 5.41) is 7.34. The van der Waals surface area contributed by atoms with E-state index in [-0.39, 0.29) is 0 Å². The van der Waals surface area contributed by atoms with Crippen LogP contribution >= 0.6 is 12.2 Å². The molecule has 1 saturated heterocycles. The largest absolute Gasteiger partial charge is 0.379 e. The van der Waals surface area contributed by atoms with Gasteiger partial charge in [0.05, 0.1) is 13.2 Å². The van der Waals surface area contributed by atoms with Gasteiger partial charge < -0.3 is 4.74 Å². The predicted molar refractivity (Wildman–Crippen MR) is 71.4 cm³/mol. The highest BCUT2D eigenvalue weighted by Crippen LogP contribution is 2.39. The first-order valence-electron chi connectivity index (χ1n) is 6.72. The molecule has 0 amide bonds. The van der Waals surface area contributed by atoms with Gasteiger partial charge in [0, 0.05) is 31.6 Å². The third kappa shape index (κ3) is 2.50. The van der Waals surface area contributed by atoms with Gasteiger partial charge in [0.2, 0.25) is 0 Å². The minimum atomic E-state index is 0.380. The molecule has 1 aromatic heterocycles. The lowest BCUT2D eigenvalue weighted by Crippen LogP contribution is -2.39. The van der Waals surface area contributed by atoms with Crippen LogP contribution in [0.3, 0.4) is 0 Å². The monoisotopic (exact) mass is 268 g/mol. The van der Waals surface area contributed by atoms with Crippen LogP contribution in [0.15, 0.2) is 0 Å². The zero-order chi connectivity index (χ0) is 12.5. The average molecular weight is 268 g/mol. The third-order valence-corrected chi connectivity index (χ3v) is 4.03. The molecule has 3 rings (SSSR count). The zero-order valence-electron chi connectivity index (χ0n) is 10.8. The molecule has 5 nitrogen and oxygen atoms in total. The van der Waals surface area contributed by atoms with Crippen LogP contribution in [-0.2, 0) is 4.74 Å². The van der Waals surface area contributed by atoms with E-state index in [1.807, 2.05) is 0 Å². The summed E-state index contributed by atoms with van der Waals surface area (Å²) in [4.78, 5) is 2.44. The van der Waals surface area contributed by atoms with Crippen molar-refractivity contribution >= 4 is 12.2 Å². The molecule has 0 bridgehead atoms. The molecule has 18 heavy (non-hydrogen) atoms. The molecule has 1 unspecified atom stereocenters. The van der Waals surface area contributed by atoms with E-state index in [2.05, 4.69) is 26.6 Å². The Kier molecular flexibility index (Phi) is 3.50. The van der Waals surface area contributed by atoms with Crippen molar-refractivity contribution < 1.29 is 4.74 Å². The molecule has 1 atom stereocenters.